The van der Waals surface area contributed by atoms with Gasteiger partial charge >= 0.3 is 0 Å². The molecule has 4 aromatic rings. The summed E-state index contributed by atoms with van der Waals surface area (Å²) >= 11 is 0. The summed E-state index contributed by atoms with van der Waals surface area (Å²) in [4.78, 5) is 20.4. The topological polar surface area (TPSA) is 96.1 Å². The highest BCUT2D eigenvalue weighted by molar-refractivity contribution is 6.76. The molecular weight excluding hydrogens is 448 g/mol. The van der Waals surface area contributed by atoms with Gasteiger partial charge in [-0.15, -0.1) is 0 Å². The van der Waals surface area contributed by atoms with Crippen LogP contribution in [0.2, 0.25) is 25.7 Å². The average Bonchev–Trinajstić information content (AvgIpc) is 3.41. The van der Waals surface area contributed by atoms with Gasteiger partial charge in [-0.05, 0) is 29.8 Å². The predicted octanol–water partition coefficient (Wildman–Crippen LogP) is 4.23. The van der Waals surface area contributed by atoms with E-state index in [0.717, 1.165) is 40.6 Å². The number of anilines is 1. The fraction of sp³-hybridized carbons (Fsp3) is 0.333. The SMILES string of the molecule is COc1ccc(Cn2ncc(-c3ncnc4c3ccn4COCC[Si](C)(C)C)c2NC=O)cc1. The number of aromatic nitrogens is 5. The lowest BCUT2D eigenvalue weighted by Gasteiger charge is -2.15. The Morgan fingerprint density at radius 3 is 2.62 bits per heavy atom. The lowest BCUT2D eigenvalue weighted by atomic mass is 10.1. The Balaban J connectivity index is 1.60. The number of carbonyl (C=O) groups excluding carboxylic acids is 1. The van der Waals surface area contributed by atoms with E-state index in [1.54, 1.807) is 18.0 Å². The molecule has 34 heavy (non-hydrogen) atoms. The fourth-order valence-corrected chi connectivity index (χ4v) is 4.41. The number of nitrogens with one attached hydrogen (secondary N) is 1. The Hall–Kier alpha value is -3.50. The molecule has 0 saturated heterocycles. The number of methoxy groups -OCH3 is 1. The van der Waals surface area contributed by atoms with Gasteiger partial charge in [0.15, 0.2) is 0 Å². The van der Waals surface area contributed by atoms with Crippen LogP contribution in [0.4, 0.5) is 5.82 Å². The van der Waals surface area contributed by atoms with Gasteiger partial charge in [-0.2, -0.15) is 5.10 Å². The Bertz CT molecular complexity index is 1260. The molecule has 1 N–H and O–H groups in total. The molecule has 4 rings (SSSR count). The van der Waals surface area contributed by atoms with E-state index in [4.69, 9.17) is 9.47 Å². The van der Waals surface area contributed by atoms with Crippen LogP contribution in [0.25, 0.3) is 22.3 Å². The minimum atomic E-state index is -1.14. The summed E-state index contributed by atoms with van der Waals surface area (Å²) in [6.45, 7) is 8.65. The summed E-state index contributed by atoms with van der Waals surface area (Å²) in [7, 11) is 0.493. The van der Waals surface area contributed by atoms with Gasteiger partial charge in [-0.25, -0.2) is 14.6 Å². The third kappa shape index (κ3) is 5.34. The van der Waals surface area contributed by atoms with Crippen molar-refractivity contribution in [3.63, 3.8) is 0 Å². The number of benzene rings is 1. The van der Waals surface area contributed by atoms with E-state index in [1.807, 2.05) is 41.1 Å². The minimum Gasteiger partial charge on any atom is -0.497 e. The standard InChI is InChI=1S/C24H30N6O3Si/c1-32-19-7-5-18(6-8-19)14-30-24(27-16-31)21(13-28-30)22-20-9-10-29(23(20)26-15-25-22)17-33-11-12-34(2,3)4/h5-10,13,15-16H,11-12,14,17H2,1-4H3,(H,27,31). The second-order valence-electron chi connectivity index (χ2n) is 9.27. The second-order valence-corrected chi connectivity index (χ2v) is 14.9. The molecule has 0 unspecified atom stereocenters. The molecule has 0 spiro atoms. The van der Waals surface area contributed by atoms with E-state index in [0.29, 0.717) is 31.2 Å². The van der Waals surface area contributed by atoms with Crippen LogP contribution in [0, 0.1) is 0 Å². The van der Waals surface area contributed by atoms with Crippen molar-refractivity contribution >= 4 is 31.3 Å². The molecule has 0 saturated carbocycles. The molecule has 3 heterocycles. The summed E-state index contributed by atoms with van der Waals surface area (Å²) in [5, 5.41) is 8.19. The van der Waals surface area contributed by atoms with Crippen molar-refractivity contribution in [2.45, 2.75) is 39.0 Å². The molecule has 0 aliphatic carbocycles. The molecule has 0 aliphatic heterocycles. The van der Waals surface area contributed by atoms with Crippen molar-refractivity contribution in [2.75, 3.05) is 19.0 Å². The van der Waals surface area contributed by atoms with E-state index in [9.17, 15) is 4.79 Å². The number of ether oxygens (including phenoxy) is 2. The summed E-state index contributed by atoms with van der Waals surface area (Å²) < 4.78 is 14.9. The highest BCUT2D eigenvalue weighted by Gasteiger charge is 2.18. The van der Waals surface area contributed by atoms with Crippen molar-refractivity contribution in [3.05, 3.63) is 54.6 Å². The lowest BCUT2D eigenvalue weighted by molar-refractivity contribution is -0.105. The van der Waals surface area contributed by atoms with Crippen LogP contribution in [-0.4, -0.2) is 52.5 Å². The summed E-state index contributed by atoms with van der Waals surface area (Å²) in [6.07, 6.45) is 5.85. The third-order valence-corrected chi connectivity index (χ3v) is 7.27. The first kappa shape index (κ1) is 23.6. The van der Waals surface area contributed by atoms with E-state index >= 15 is 0 Å². The Labute approximate surface area is 199 Å². The fourth-order valence-electron chi connectivity index (χ4n) is 3.65. The Morgan fingerprint density at radius 1 is 1.12 bits per heavy atom. The average molecular weight is 479 g/mol. The Morgan fingerprint density at radius 2 is 1.91 bits per heavy atom. The molecule has 1 amide bonds. The van der Waals surface area contributed by atoms with Crippen LogP contribution in [0.1, 0.15) is 5.56 Å². The molecule has 178 valence electrons. The second kappa shape index (κ2) is 10.2. The van der Waals surface area contributed by atoms with Crippen LogP contribution < -0.4 is 10.1 Å². The van der Waals surface area contributed by atoms with Crippen molar-refractivity contribution in [1.82, 2.24) is 24.3 Å². The first-order valence-electron chi connectivity index (χ1n) is 11.2. The molecule has 10 heteroatoms. The van der Waals surface area contributed by atoms with Crippen LogP contribution >= 0.6 is 0 Å². The molecule has 9 nitrogen and oxygen atoms in total. The van der Waals surface area contributed by atoms with Crippen LogP contribution in [-0.2, 0) is 22.8 Å². The molecule has 0 atom stereocenters. The number of rotatable bonds is 11. The van der Waals surface area contributed by atoms with Gasteiger partial charge in [-0.1, -0.05) is 31.8 Å². The van der Waals surface area contributed by atoms with Gasteiger partial charge < -0.3 is 19.4 Å². The maximum absolute atomic E-state index is 11.4. The molecule has 0 bridgehead atoms. The number of fused-ring (bicyclic) bond motifs is 1. The monoisotopic (exact) mass is 478 g/mol. The van der Waals surface area contributed by atoms with Crippen LogP contribution in [0.15, 0.2) is 49.1 Å². The molecule has 0 aliphatic rings. The number of carbonyl (C=O) groups is 1. The first-order chi connectivity index (χ1) is 16.4. The lowest BCUT2D eigenvalue weighted by Crippen LogP contribution is -2.22. The molecule has 1 aromatic carbocycles. The minimum absolute atomic E-state index is 0.431. The van der Waals surface area contributed by atoms with Crippen LogP contribution in [0.5, 0.6) is 5.75 Å². The number of nitrogens with zero attached hydrogens (tertiary/aromatic N) is 5. The van der Waals surface area contributed by atoms with Crippen LogP contribution in [0.3, 0.4) is 0 Å². The summed E-state index contributed by atoms with van der Waals surface area (Å²) in [5.41, 5.74) is 3.23. The number of hydrogen-bond acceptors (Lipinski definition) is 6. The van der Waals surface area contributed by atoms with E-state index < -0.39 is 8.07 Å². The molecule has 0 radical (unpaired) electrons. The van der Waals surface area contributed by atoms with Gasteiger partial charge in [0, 0.05) is 26.3 Å². The highest BCUT2D eigenvalue weighted by atomic mass is 28.3. The number of amides is 1. The van der Waals surface area contributed by atoms with Gasteiger partial charge in [0.25, 0.3) is 0 Å². The maximum atomic E-state index is 11.4. The molecular formula is C24H30N6O3Si. The van der Waals surface area contributed by atoms with E-state index in [-0.39, 0.29) is 0 Å². The molecule has 3 aromatic heterocycles. The normalized spacial score (nSPS) is 11.6. The Kier molecular flexibility index (Phi) is 7.08. The summed E-state index contributed by atoms with van der Waals surface area (Å²) in [5.74, 6) is 1.36. The van der Waals surface area contributed by atoms with Crippen molar-refractivity contribution in [3.8, 4) is 17.0 Å². The van der Waals surface area contributed by atoms with Gasteiger partial charge in [0.1, 0.15) is 30.3 Å². The zero-order chi connectivity index (χ0) is 24.1. The predicted molar refractivity (Wildman–Crippen MR) is 135 cm³/mol. The van der Waals surface area contributed by atoms with Gasteiger partial charge in [-0.3, -0.25) is 4.79 Å². The largest absolute Gasteiger partial charge is 0.497 e. The summed E-state index contributed by atoms with van der Waals surface area (Å²) in [6, 6.07) is 10.8. The van der Waals surface area contributed by atoms with Crippen molar-refractivity contribution < 1.29 is 14.3 Å². The quantitative estimate of drug-likeness (QED) is 0.197. The maximum Gasteiger partial charge on any atom is 0.212 e. The smallest absolute Gasteiger partial charge is 0.212 e. The van der Waals surface area contributed by atoms with Crippen molar-refractivity contribution in [2.24, 2.45) is 0 Å². The first-order valence-corrected chi connectivity index (χ1v) is 14.9. The highest BCUT2D eigenvalue weighted by Crippen LogP contribution is 2.32. The third-order valence-electron chi connectivity index (χ3n) is 5.56. The van der Waals surface area contributed by atoms with Gasteiger partial charge in [0.2, 0.25) is 6.41 Å². The zero-order valence-electron chi connectivity index (χ0n) is 20.0. The van der Waals surface area contributed by atoms with E-state index in [2.05, 4.69) is 40.0 Å². The van der Waals surface area contributed by atoms with Crippen molar-refractivity contribution in [1.29, 1.82) is 0 Å². The number of hydrogen-bond donors (Lipinski definition) is 1. The van der Waals surface area contributed by atoms with Gasteiger partial charge in [0.05, 0.1) is 31.1 Å². The zero-order valence-corrected chi connectivity index (χ0v) is 21.0. The van der Waals surface area contributed by atoms with E-state index in [1.165, 1.54) is 6.33 Å². The molecule has 0 fully saturated rings.